The molecule has 2 atom stereocenters. The van der Waals surface area contributed by atoms with Crippen molar-refractivity contribution in [3.05, 3.63) is 0 Å². The number of ether oxygens (including phenoxy) is 2. The van der Waals surface area contributed by atoms with Crippen LogP contribution in [-0.2, 0) is 9.47 Å². The van der Waals surface area contributed by atoms with Crippen LogP contribution in [0.1, 0.15) is 25.7 Å². The van der Waals surface area contributed by atoms with Gasteiger partial charge in [0, 0.05) is 26.1 Å². The average Bonchev–Trinajstić information content (AvgIpc) is 2.43. The Morgan fingerprint density at radius 2 is 2.31 bits per heavy atom. The van der Waals surface area contributed by atoms with Crippen LogP contribution < -0.4 is 5.32 Å². The molecule has 0 aromatic carbocycles. The number of methoxy groups -OCH3 is 1. The van der Waals surface area contributed by atoms with Crippen LogP contribution in [0.2, 0.25) is 0 Å². The normalized spacial score (nSPS) is 37.5. The topological polar surface area (TPSA) is 33.7 Å². The van der Waals surface area contributed by atoms with Gasteiger partial charge in [-0.1, -0.05) is 0 Å². The molecule has 0 saturated carbocycles. The quantitative estimate of drug-likeness (QED) is 0.759. The molecular formula is C12H24N2O2. The maximum atomic E-state index is 6.02. The number of hydrogen-bond donors (Lipinski definition) is 1. The summed E-state index contributed by atoms with van der Waals surface area (Å²) in [6.45, 7) is 3.96. The second-order valence-corrected chi connectivity index (χ2v) is 5.08. The van der Waals surface area contributed by atoms with Gasteiger partial charge in [0.05, 0.1) is 13.2 Å². The highest BCUT2D eigenvalue weighted by molar-refractivity contribution is 4.89. The second-order valence-electron chi connectivity index (χ2n) is 5.08. The standard InChI is InChI=1S/C12H24N2O2/c1-14-7-3-5-12(6-8-14)13-11(10-15-2)4-9-16-12/h11,13H,3-10H2,1-2H3. The fourth-order valence-electron chi connectivity index (χ4n) is 2.74. The van der Waals surface area contributed by atoms with Gasteiger partial charge in [-0.3, -0.25) is 5.32 Å². The molecule has 16 heavy (non-hydrogen) atoms. The molecule has 0 aromatic heterocycles. The maximum Gasteiger partial charge on any atom is 0.120 e. The van der Waals surface area contributed by atoms with Gasteiger partial charge in [-0.2, -0.15) is 0 Å². The Morgan fingerprint density at radius 1 is 1.44 bits per heavy atom. The van der Waals surface area contributed by atoms with E-state index in [0.717, 1.165) is 39.0 Å². The molecule has 0 amide bonds. The van der Waals surface area contributed by atoms with E-state index in [0.29, 0.717) is 6.04 Å². The van der Waals surface area contributed by atoms with Crippen LogP contribution in [0.25, 0.3) is 0 Å². The number of likely N-dealkylation sites (tertiary alicyclic amines) is 1. The SMILES string of the molecule is COCC1CCOC2(CCCN(C)CC2)N1. The van der Waals surface area contributed by atoms with Gasteiger partial charge < -0.3 is 14.4 Å². The first kappa shape index (κ1) is 12.3. The summed E-state index contributed by atoms with van der Waals surface area (Å²) in [5, 5.41) is 3.66. The van der Waals surface area contributed by atoms with E-state index in [-0.39, 0.29) is 5.72 Å². The van der Waals surface area contributed by atoms with Gasteiger partial charge in [-0.15, -0.1) is 0 Å². The molecule has 0 aromatic rings. The summed E-state index contributed by atoms with van der Waals surface area (Å²) in [6, 6.07) is 0.460. The van der Waals surface area contributed by atoms with Crippen molar-refractivity contribution in [3.63, 3.8) is 0 Å². The lowest BCUT2D eigenvalue weighted by atomic mass is 10.00. The monoisotopic (exact) mass is 228 g/mol. The highest BCUT2D eigenvalue weighted by Gasteiger charge is 2.37. The summed E-state index contributed by atoms with van der Waals surface area (Å²) in [5.74, 6) is 0. The van der Waals surface area contributed by atoms with Crippen molar-refractivity contribution < 1.29 is 9.47 Å². The molecule has 0 aliphatic carbocycles. The highest BCUT2D eigenvalue weighted by atomic mass is 16.5. The van der Waals surface area contributed by atoms with Crippen molar-refractivity contribution in [2.75, 3.05) is 40.5 Å². The first-order valence-electron chi connectivity index (χ1n) is 6.33. The number of nitrogens with one attached hydrogen (secondary N) is 1. The lowest BCUT2D eigenvalue weighted by Gasteiger charge is -2.41. The molecule has 2 unspecified atom stereocenters. The lowest BCUT2D eigenvalue weighted by Crippen LogP contribution is -2.58. The Hall–Kier alpha value is -0.160. The van der Waals surface area contributed by atoms with E-state index in [1.807, 2.05) is 0 Å². The lowest BCUT2D eigenvalue weighted by molar-refractivity contribution is -0.124. The first-order chi connectivity index (χ1) is 7.74. The van der Waals surface area contributed by atoms with Crippen LogP contribution in [0.3, 0.4) is 0 Å². The average molecular weight is 228 g/mol. The van der Waals surface area contributed by atoms with Crippen molar-refractivity contribution in [3.8, 4) is 0 Å². The van der Waals surface area contributed by atoms with E-state index < -0.39 is 0 Å². The van der Waals surface area contributed by atoms with Crippen LogP contribution in [0.15, 0.2) is 0 Å². The second kappa shape index (κ2) is 5.45. The predicted octanol–water partition coefficient (Wildman–Crippen LogP) is 0.823. The van der Waals surface area contributed by atoms with E-state index in [2.05, 4.69) is 17.3 Å². The summed E-state index contributed by atoms with van der Waals surface area (Å²) >= 11 is 0. The largest absolute Gasteiger partial charge is 0.383 e. The van der Waals surface area contributed by atoms with Crippen LogP contribution in [0.5, 0.6) is 0 Å². The fraction of sp³-hybridized carbons (Fsp3) is 1.00. The molecule has 0 bridgehead atoms. The zero-order chi connectivity index (χ0) is 11.4. The smallest absolute Gasteiger partial charge is 0.120 e. The number of rotatable bonds is 2. The summed E-state index contributed by atoms with van der Waals surface area (Å²) in [7, 11) is 3.96. The third-order valence-electron chi connectivity index (χ3n) is 3.70. The molecule has 1 N–H and O–H groups in total. The van der Waals surface area contributed by atoms with Crippen LogP contribution >= 0.6 is 0 Å². The van der Waals surface area contributed by atoms with Crippen molar-refractivity contribution in [2.24, 2.45) is 0 Å². The first-order valence-corrected chi connectivity index (χ1v) is 6.33. The van der Waals surface area contributed by atoms with Crippen molar-refractivity contribution in [2.45, 2.75) is 37.5 Å². The molecular weight excluding hydrogens is 204 g/mol. The van der Waals surface area contributed by atoms with E-state index in [1.54, 1.807) is 7.11 Å². The summed E-state index contributed by atoms with van der Waals surface area (Å²) in [6.07, 6.45) is 4.48. The Balaban J connectivity index is 1.94. The summed E-state index contributed by atoms with van der Waals surface area (Å²) in [4.78, 5) is 2.39. The van der Waals surface area contributed by atoms with Crippen molar-refractivity contribution in [1.29, 1.82) is 0 Å². The Kier molecular flexibility index (Phi) is 4.19. The van der Waals surface area contributed by atoms with Gasteiger partial charge in [0.2, 0.25) is 0 Å². The molecule has 2 rings (SSSR count). The Morgan fingerprint density at radius 3 is 3.12 bits per heavy atom. The predicted molar refractivity (Wildman–Crippen MR) is 63.4 cm³/mol. The van der Waals surface area contributed by atoms with Gasteiger partial charge in [0.1, 0.15) is 5.72 Å². The van der Waals surface area contributed by atoms with E-state index in [9.17, 15) is 0 Å². The van der Waals surface area contributed by atoms with Crippen LogP contribution in [0.4, 0.5) is 0 Å². The molecule has 2 aliphatic rings. The minimum atomic E-state index is -0.0772. The van der Waals surface area contributed by atoms with E-state index >= 15 is 0 Å². The van der Waals surface area contributed by atoms with Crippen LogP contribution in [0, 0.1) is 0 Å². The Labute approximate surface area is 98.3 Å². The minimum absolute atomic E-state index is 0.0772. The summed E-state index contributed by atoms with van der Waals surface area (Å²) < 4.78 is 11.3. The number of nitrogens with zero attached hydrogens (tertiary/aromatic N) is 1. The van der Waals surface area contributed by atoms with Gasteiger partial charge >= 0.3 is 0 Å². The van der Waals surface area contributed by atoms with E-state index in [4.69, 9.17) is 9.47 Å². The highest BCUT2D eigenvalue weighted by Crippen LogP contribution is 2.27. The van der Waals surface area contributed by atoms with Gasteiger partial charge in [-0.25, -0.2) is 0 Å². The zero-order valence-electron chi connectivity index (χ0n) is 10.5. The molecule has 94 valence electrons. The van der Waals surface area contributed by atoms with Gasteiger partial charge in [0.15, 0.2) is 0 Å². The van der Waals surface area contributed by atoms with Crippen molar-refractivity contribution in [1.82, 2.24) is 10.2 Å². The molecule has 2 aliphatic heterocycles. The molecule has 2 saturated heterocycles. The molecule has 4 nitrogen and oxygen atoms in total. The fourth-order valence-corrected chi connectivity index (χ4v) is 2.74. The number of hydrogen-bond acceptors (Lipinski definition) is 4. The van der Waals surface area contributed by atoms with Crippen molar-refractivity contribution >= 4 is 0 Å². The van der Waals surface area contributed by atoms with E-state index in [1.165, 1.54) is 13.0 Å². The molecule has 2 fully saturated rings. The minimum Gasteiger partial charge on any atom is -0.383 e. The maximum absolute atomic E-state index is 6.02. The van der Waals surface area contributed by atoms with Gasteiger partial charge in [0.25, 0.3) is 0 Å². The molecule has 4 heteroatoms. The van der Waals surface area contributed by atoms with Crippen LogP contribution in [-0.4, -0.2) is 57.1 Å². The zero-order valence-corrected chi connectivity index (χ0v) is 10.5. The third kappa shape index (κ3) is 2.94. The Bertz CT molecular complexity index is 223. The summed E-state index contributed by atoms with van der Waals surface area (Å²) in [5.41, 5.74) is -0.0772. The third-order valence-corrected chi connectivity index (χ3v) is 3.70. The molecule has 2 heterocycles. The molecule has 1 spiro atoms. The van der Waals surface area contributed by atoms with Gasteiger partial charge in [-0.05, 0) is 32.9 Å². The molecule has 0 radical (unpaired) electrons.